The van der Waals surface area contributed by atoms with Crippen LogP contribution in [0.25, 0.3) is 10.9 Å². The fourth-order valence-corrected chi connectivity index (χ4v) is 5.20. The molecule has 3 aliphatic carbocycles. The van der Waals surface area contributed by atoms with Crippen molar-refractivity contribution in [3.63, 3.8) is 0 Å². The highest BCUT2D eigenvalue weighted by atomic mass is 19.4. The molecule has 4 aliphatic rings. The lowest BCUT2D eigenvalue weighted by Crippen LogP contribution is -2.69. The van der Waals surface area contributed by atoms with E-state index in [1.54, 1.807) is 11.0 Å². The van der Waals surface area contributed by atoms with E-state index in [-0.39, 0.29) is 23.7 Å². The zero-order valence-corrected chi connectivity index (χ0v) is 17.5. The first-order valence-electron chi connectivity index (χ1n) is 10.7. The molecule has 0 saturated heterocycles. The molecule has 7 rings (SSSR count). The Kier molecular flexibility index (Phi) is 4.23. The van der Waals surface area contributed by atoms with Gasteiger partial charge in [0.15, 0.2) is 0 Å². The third-order valence-corrected chi connectivity index (χ3v) is 7.13. The summed E-state index contributed by atoms with van der Waals surface area (Å²) in [6, 6.07) is 4.05. The summed E-state index contributed by atoms with van der Waals surface area (Å²) in [4.78, 5) is 28.1. The topological polar surface area (TPSA) is 94.2 Å². The average molecular weight is 455 g/mol. The van der Waals surface area contributed by atoms with Crippen LogP contribution in [-0.2, 0) is 30.7 Å². The number of aromatic nitrogens is 3. The highest BCUT2D eigenvalue weighted by molar-refractivity contribution is 5.97. The zero-order chi connectivity index (χ0) is 23.0. The van der Waals surface area contributed by atoms with Crippen molar-refractivity contribution in [2.24, 2.45) is 5.92 Å². The molecule has 0 spiro atoms. The van der Waals surface area contributed by atoms with Gasteiger partial charge in [-0.05, 0) is 48.9 Å². The molecule has 10 heteroatoms. The summed E-state index contributed by atoms with van der Waals surface area (Å²) in [6.45, 7) is 0.900. The van der Waals surface area contributed by atoms with Crippen LogP contribution in [0.3, 0.4) is 0 Å². The van der Waals surface area contributed by atoms with E-state index in [1.807, 2.05) is 0 Å². The Bertz CT molecular complexity index is 1270. The first-order chi connectivity index (χ1) is 15.7. The summed E-state index contributed by atoms with van der Waals surface area (Å²) in [5.74, 6) is 0.749. The molecular weight excluding hydrogens is 435 g/mol. The summed E-state index contributed by atoms with van der Waals surface area (Å²) < 4.78 is 44.2. The molecule has 7 nitrogen and oxygen atoms in total. The SMILES string of the molecule is Nc1nc2cnc(C(=O)N(Cc3ccc(C(F)(F)F)cn3)C34CC(C3)C4)cc2c2c1COC2. The predicted octanol–water partition coefficient (Wildman–Crippen LogP) is 3.85. The Labute approximate surface area is 186 Å². The molecule has 3 aromatic rings. The van der Waals surface area contributed by atoms with Crippen LogP contribution in [0.5, 0.6) is 0 Å². The number of hydrogen-bond donors (Lipinski definition) is 1. The molecule has 33 heavy (non-hydrogen) atoms. The van der Waals surface area contributed by atoms with Crippen molar-refractivity contribution in [1.82, 2.24) is 19.9 Å². The normalized spacial score (nSPS) is 23.1. The Hall–Kier alpha value is -3.27. The van der Waals surface area contributed by atoms with Gasteiger partial charge in [-0.25, -0.2) is 9.97 Å². The maximum absolute atomic E-state index is 13.6. The molecule has 3 saturated carbocycles. The van der Waals surface area contributed by atoms with E-state index in [0.717, 1.165) is 48.0 Å². The number of hydrogen-bond acceptors (Lipinski definition) is 6. The number of fused-ring (bicyclic) bond motifs is 3. The third kappa shape index (κ3) is 3.15. The van der Waals surface area contributed by atoms with Gasteiger partial charge in [0.25, 0.3) is 5.91 Å². The van der Waals surface area contributed by atoms with Gasteiger partial charge in [-0.2, -0.15) is 13.2 Å². The fourth-order valence-electron chi connectivity index (χ4n) is 5.20. The number of amides is 1. The van der Waals surface area contributed by atoms with Crippen LogP contribution >= 0.6 is 0 Å². The molecule has 3 aromatic heterocycles. The quantitative estimate of drug-likeness (QED) is 0.642. The fraction of sp³-hybridized carbons (Fsp3) is 0.391. The Balaban J connectivity index is 1.34. The summed E-state index contributed by atoms with van der Waals surface area (Å²) >= 11 is 0. The number of carbonyl (C=O) groups excluding carboxylic acids is 1. The van der Waals surface area contributed by atoms with Gasteiger partial charge >= 0.3 is 6.18 Å². The Morgan fingerprint density at radius 3 is 2.55 bits per heavy atom. The van der Waals surface area contributed by atoms with Crippen molar-refractivity contribution < 1.29 is 22.7 Å². The minimum atomic E-state index is -4.45. The molecule has 4 heterocycles. The van der Waals surface area contributed by atoms with Crippen LogP contribution in [0.2, 0.25) is 0 Å². The number of alkyl halides is 3. The van der Waals surface area contributed by atoms with Crippen LogP contribution in [0.15, 0.2) is 30.6 Å². The average Bonchev–Trinajstić information content (AvgIpc) is 3.21. The molecule has 2 N–H and O–H groups in total. The molecule has 1 amide bonds. The Morgan fingerprint density at radius 2 is 1.91 bits per heavy atom. The van der Waals surface area contributed by atoms with E-state index in [4.69, 9.17) is 10.5 Å². The summed E-state index contributed by atoms with van der Waals surface area (Å²) in [5.41, 5.74) is 7.95. The first kappa shape index (κ1) is 20.3. The zero-order valence-electron chi connectivity index (χ0n) is 17.5. The van der Waals surface area contributed by atoms with Crippen LogP contribution in [0.1, 0.15) is 52.1 Å². The molecule has 0 radical (unpaired) electrons. The second-order valence-corrected chi connectivity index (χ2v) is 9.16. The smallest absolute Gasteiger partial charge is 0.383 e. The van der Waals surface area contributed by atoms with Crippen molar-refractivity contribution in [3.8, 4) is 0 Å². The standard InChI is InChI=1S/C23H20F3N5O2/c24-23(25,26)13-1-2-14(28-7-13)9-31(22-4-12(5-22)6-22)21(32)18-3-15-16-10-33-11-17(16)20(27)30-19(15)8-29-18/h1-3,7-8,12H,4-6,9-11H2,(H2,27,30). The maximum atomic E-state index is 13.6. The lowest BCUT2D eigenvalue weighted by atomic mass is 9.49. The van der Waals surface area contributed by atoms with E-state index in [9.17, 15) is 18.0 Å². The van der Waals surface area contributed by atoms with Crippen molar-refractivity contribution in [3.05, 3.63) is 58.7 Å². The number of rotatable bonds is 4. The van der Waals surface area contributed by atoms with E-state index in [2.05, 4.69) is 15.0 Å². The monoisotopic (exact) mass is 455 g/mol. The van der Waals surface area contributed by atoms with E-state index >= 15 is 0 Å². The van der Waals surface area contributed by atoms with Crippen molar-refractivity contribution in [2.45, 2.75) is 50.7 Å². The van der Waals surface area contributed by atoms with Gasteiger partial charge in [-0.15, -0.1) is 0 Å². The van der Waals surface area contributed by atoms with E-state index in [1.165, 1.54) is 12.3 Å². The van der Waals surface area contributed by atoms with Crippen LogP contribution in [0, 0.1) is 5.92 Å². The number of nitrogens with zero attached hydrogens (tertiary/aromatic N) is 4. The molecule has 170 valence electrons. The number of halogens is 3. The van der Waals surface area contributed by atoms with Crippen molar-refractivity contribution in [2.75, 3.05) is 5.73 Å². The van der Waals surface area contributed by atoms with Crippen LogP contribution < -0.4 is 5.73 Å². The number of pyridine rings is 3. The van der Waals surface area contributed by atoms with E-state index < -0.39 is 11.7 Å². The minimum Gasteiger partial charge on any atom is -0.383 e. The highest BCUT2D eigenvalue weighted by Crippen LogP contribution is 2.61. The van der Waals surface area contributed by atoms with Gasteiger partial charge in [-0.3, -0.25) is 9.78 Å². The van der Waals surface area contributed by atoms with Gasteiger partial charge < -0.3 is 15.4 Å². The number of anilines is 1. The molecule has 0 unspecified atom stereocenters. The predicted molar refractivity (Wildman–Crippen MR) is 112 cm³/mol. The van der Waals surface area contributed by atoms with Gasteiger partial charge in [0, 0.05) is 22.7 Å². The Morgan fingerprint density at radius 1 is 1.15 bits per heavy atom. The number of nitrogen functional groups attached to an aromatic ring is 1. The molecular formula is C23H20F3N5O2. The minimum absolute atomic E-state index is 0.130. The molecule has 2 bridgehead atoms. The van der Waals surface area contributed by atoms with Gasteiger partial charge in [0.1, 0.15) is 11.5 Å². The first-order valence-corrected chi connectivity index (χ1v) is 10.7. The largest absolute Gasteiger partial charge is 0.417 e. The molecule has 3 fully saturated rings. The summed E-state index contributed by atoms with van der Waals surface area (Å²) in [7, 11) is 0. The van der Waals surface area contributed by atoms with Crippen molar-refractivity contribution >= 4 is 22.6 Å². The summed E-state index contributed by atoms with van der Waals surface area (Å²) in [5, 5.41) is 0.778. The third-order valence-electron chi connectivity index (χ3n) is 7.13. The van der Waals surface area contributed by atoms with E-state index in [0.29, 0.717) is 36.2 Å². The lowest BCUT2D eigenvalue weighted by molar-refractivity contribution is -0.138. The van der Waals surface area contributed by atoms with Gasteiger partial charge in [-0.1, -0.05) is 0 Å². The molecule has 1 aliphatic heterocycles. The number of carbonyl (C=O) groups is 1. The molecule has 0 aromatic carbocycles. The summed E-state index contributed by atoms with van der Waals surface area (Å²) in [6.07, 6.45) is 0.587. The lowest BCUT2D eigenvalue weighted by Gasteiger charge is -2.66. The second-order valence-electron chi connectivity index (χ2n) is 9.16. The highest BCUT2D eigenvalue weighted by Gasteiger charge is 2.61. The van der Waals surface area contributed by atoms with Gasteiger partial charge in [0.2, 0.25) is 0 Å². The van der Waals surface area contributed by atoms with Crippen LogP contribution in [0.4, 0.5) is 19.0 Å². The van der Waals surface area contributed by atoms with Crippen LogP contribution in [-0.4, -0.2) is 31.3 Å². The van der Waals surface area contributed by atoms with Crippen molar-refractivity contribution in [1.29, 1.82) is 0 Å². The second kappa shape index (κ2) is 6.86. The number of nitrogens with two attached hydrogens (primary N) is 1. The van der Waals surface area contributed by atoms with Gasteiger partial charge in [0.05, 0.1) is 42.7 Å². The molecule has 0 atom stereocenters. The number of ether oxygens (including phenoxy) is 1. The maximum Gasteiger partial charge on any atom is 0.417 e.